The molecule has 1 aromatic heterocycles. The number of carboxylic acid groups (broad SMARTS) is 1. The van der Waals surface area contributed by atoms with E-state index < -0.39 is 5.97 Å². The van der Waals surface area contributed by atoms with Crippen molar-refractivity contribution in [3.63, 3.8) is 0 Å². The van der Waals surface area contributed by atoms with E-state index in [9.17, 15) is 4.79 Å². The normalized spacial score (nSPS) is 21.4. The van der Waals surface area contributed by atoms with Gasteiger partial charge in [0.25, 0.3) is 0 Å². The molecule has 1 aliphatic carbocycles. The maximum atomic E-state index is 10.9. The van der Waals surface area contributed by atoms with Gasteiger partial charge in [0.2, 0.25) is 0 Å². The quantitative estimate of drug-likeness (QED) is 0.902. The van der Waals surface area contributed by atoms with Gasteiger partial charge in [-0.15, -0.1) is 0 Å². The molecule has 24 heavy (non-hydrogen) atoms. The van der Waals surface area contributed by atoms with Gasteiger partial charge in [0, 0.05) is 18.6 Å². The van der Waals surface area contributed by atoms with E-state index in [1.807, 2.05) is 0 Å². The predicted octanol–water partition coefficient (Wildman–Crippen LogP) is 2.68. The molecular weight excluding hydrogens is 306 g/mol. The van der Waals surface area contributed by atoms with E-state index in [1.165, 1.54) is 23.5 Å². The molecule has 1 aliphatic heterocycles. The number of carboxylic acids is 1. The molecule has 4 rings (SSSR count). The number of carbonyl (C=O) groups is 1. The Balaban J connectivity index is 1.66. The summed E-state index contributed by atoms with van der Waals surface area (Å²) < 4.78 is 5.57. The van der Waals surface area contributed by atoms with Crippen LogP contribution in [-0.2, 0) is 11.2 Å². The molecule has 0 saturated carbocycles. The molecule has 1 atom stereocenters. The minimum atomic E-state index is -1.07. The highest BCUT2D eigenvalue weighted by molar-refractivity contribution is 5.84. The fraction of sp³-hybridized carbons (Fsp3) is 0.389. The van der Waals surface area contributed by atoms with Crippen LogP contribution in [0, 0.1) is 5.41 Å². The molecule has 1 unspecified atom stereocenters. The maximum absolute atomic E-state index is 10.9. The second kappa shape index (κ2) is 5.87. The van der Waals surface area contributed by atoms with Crippen LogP contribution in [0.4, 0.5) is 5.82 Å². The Morgan fingerprint density at radius 1 is 1.21 bits per heavy atom. The van der Waals surface area contributed by atoms with Crippen LogP contribution in [0.15, 0.2) is 36.7 Å². The lowest BCUT2D eigenvalue weighted by molar-refractivity contribution is 0.0102. The molecule has 1 fully saturated rings. The van der Waals surface area contributed by atoms with E-state index in [-0.39, 0.29) is 17.2 Å². The van der Waals surface area contributed by atoms with Gasteiger partial charge in [-0.1, -0.05) is 24.3 Å². The summed E-state index contributed by atoms with van der Waals surface area (Å²) >= 11 is 0. The lowest BCUT2D eigenvalue weighted by Crippen LogP contribution is -2.37. The Morgan fingerprint density at radius 2 is 2.00 bits per heavy atom. The zero-order valence-electron chi connectivity index (χ0n) is 13.2. The van der Waals surface area contributed by atoms with Crippen molar-refractivity contribution in [2.75, 3.05) is 18.5 Å². The SMILES string of the molecule is O=C(O)c1cnc(NC2c3ccccc3CC23CCOCC3)cn1. The van der Waals surface area contributed by atoms with Crippen molar-refractivity contribution < 1.29 is 14.6 Å². The number of aromatic nitrogens is 2. The van der Waals surface area contributed by atoms with Gasteiger partial charge in [0.1, 0.15) is 5.82 Å². The van der Waals surface area contributed by atoms with Gasteiger partial charge in [-0.05, 0) is 30.4 Å². The first-order valence-corrected chi connectivity index (χ1v) is 8.15. The third-order valence-corrected chi connectivity index (χ3v) is 5.17. The van der Waals surface area contributed by atoms with Crippen LogP contribution in [0.3, 0.4) is 0 Å². The first kappa shape index (κ1) is 15.1. The Labute approximate surface area is 139 Å². The molecule has 0 bridgehead atoms. The summed E-state index contributed by atoms with van der Waals surface area (Å²) in [7, 11) is 0. The lowest BCUT2D eigenvalue weighted by Gasteiger charge is -2.39. The molecule has 2 aliphatic rings. The monoisotopic (exact) mass is 325 g/mol. The molecule has 1 aromatic carbocycles. The number of fused-ring (bicyclic) bond motifs is 1. The van der Waals surface area contributed by atoms with Crippen LogP contribution in [0.5, 0.6) is 0 Å². The highest BCUT2D eigenvalue weighted by Crippen LogP contribution is 2.52. The Kier molecular flexibility index (Phi) is 3.69. The van der Waals surface area contributed by atoms with E-state index >= 15 is 0 Å². The van der Waals surface area contributed by atoms with Crippen molar-refractivity contribution in [2.24, 2.45) is 5.41 Å². The molecule has 2 heterocycles. The molecule has 2 N–H and O–H groups in total. The zero-order valence-corrected chi connectivity index (χ0v) is 13.2. The molecule has 6 heteroatoms. The minimum Gasteiger partial charge on any atom is -0.476 e. The average Bonchev–Trinajstić information content (AvgIpc) is 2.89. The van der Waals surface area contributed by atoms with Gasteiger partial charge in [-0.25, -0.2) is 14.8 Å². The molecular formula is C18H19N3O3. The summed E-state index contributed by atoms with van der Waals surface area (Å²) in [6.07, 6.45) is 5.82. The van der Waals surface area contributed by atoms with Gasteiger partial charge >= 0.3 is 5.97 Å². The second-order valence-electron chi connectivity index (χ2n) is 6.52. The number of rotatable bonds is 3. The smallest absolute Gasteiger partial charge is 0.356 e. The summed E-state index contributed by atoms with van der Waals surface area (Å²) in [6.45, 7) is 1.55. The Hall–Kier alpha value is -2.47. The fourth-order valence-electron chi connectivity index (χ4n) is 3.92. The maximum Gasteiger partial charge on any atom is 0.356 e. The average molecular weight is 325 g/mol. The van der Waals surface area contributed by atoms with Crippen LogP contribution < -0.4 is 5.32 Å². The van der Waals surface area contributed by atoms with Crippen molar-refractivity contribution in [3.8, 4) is 0 Å². The molecule has 6 nitrogen and oxygen atoms in total. The van der Waals surface area contributed by atoms with Crippen molar-refractivity contribution in [2.45, 2.75) is 25.3 Å². The van der Waals surface area contributed by atoms with Gasteiger partial charge < -0.3 is 15.2 Å². The Bertz CT molecular complexity index is 754. The van der Waals surface area contributed by atoms with E-state index in [2.05, 4.69) is 39.6 Å². The van der Waals surface area contributed by atoms with Crippen LogP contribution in [-0.4, -0.2) is 34.3 Å². The fourth-order valence-corrected chi connectivity index (χ4v) is 3.92. The van der Waals surface area contributed by atoms with Crippen molar-refractivity contribution >= 4 is 11.8 Å². The molecule has 1 spiro atoms. The summed E-state index contributed by atoms with van der Waals surface area (Å²) in [5, 5.41) is 12.5. The number of ether oxygens (including phenoxy) is 1. The van der Waals surface area contributed by atoms with Gasteiger partial charge in [-0.2, -0.15) is 0 Å². The van der Waals surface area contributed by atoms with Gasteiger partial charge in [-0.3, -0.25) is 0 Å². The van der Waals surface area contributed by atoms with Gasteiger partial charge in [0.05, 0.1) is 18.4 Å². The third-order valence-electron chi connectivity index (χ3n) is 5.17. The summed E-state index contributed by atoms with van der Waals surface area (Å²) in [5.41, 5.74) is 2.73. The van der Waals surface area contributed by atoms with Gasteiger partial charge in [0.15, 0.2) is 5.69 Å². The van der Waals surface area contributed by atoms with Crippen LogP contribution in [0.25, 0.3) is 0 Å². The second-order valence-corrected chi connectivity index (χ2v) is 6.52. The summed E-state index contributed by atoms with van der Waals surface area (Å²) in [4.78, 5) is 19.1. The van der Waals surface area contributed by atoms with Crippen molar-refractivity contribution in [3.05, 3.63) is 53.5 Å². The van der Waals surface area contributed by atoms with E-state index in [1.54, 1.807) is 0 Å². The molecule has 2 aromatic rings. The topological polar surface area (TPSA) is 84.3 Å². The molecule has 1 saturated heterocycles. The zero-order chi connectivity index (χ0) is 16.6. The van der Waals surface area contributed by atoms with E-state index in [0.717, 1.165) is 32.5 Å². The number of hydrogen-bond donors (Lipinski definition) is 2. The number of aromatic carboxylic acids is 1. The van der Waals surface area contributed by atoms with Crippen molar-refractivity contribution in [1.82, 2.24) is 9.97 Å². The van der Waals surface area contributed by atoms with Crippen molar-refractivity contribution in [1.29, 1.82) is 0 Å². The van der Waals surface area contributed by atoms with Crippen LogP contribution in [0.1, 0.15) is 40.5 Å². The minimum absolute atomic E-state index is 0.0480. The molecule has 124 valence electrons. The number of nitrogens with one attached hydrogen (secondary N) is 1. The van der Waals surface area contributed by atoms with E-state index in [4.69, 9.17) is 9.84 Å². The van der Waals surface area contributed by atoms with E-state index in [0.29, 0.717) is 5.82 Å². The summed E-state index contributed by atoms with van der Waals surface area (Å²) in [6, 6.07) is 8.63. The Morgan fingerprint density at radius 3 is 2.71 bits per heavy atom. The third kappa shape index (κ3) is 2.53. The number of benzene rings is 1. The first-order chi connectivity index (χ1) is 11.7. The number of anilines is 1. The predicted molar refractivity (Wildman–Crippen MR) is 88.0 cm³/mol. The van der Waals surface area contributed by atoms with Crippen LogP contribution >= 0.6 is 0 Å². The number of hydrogen-bond acceptors (Lipinski definition) is 5. The standard InChI is InChI=1S/C18H19N3O3/c22-17(23)14-10-20-15(11-19-14)21-16-13-4-2-1-3-12(13)9-18(16)5-7-24-8-6-18/h1-4,10-11,16H,5-9H2,(H,20,21)(H,22,23). The highest BCUT2D eigenvalue weighted by Gasteiger charge is 2.46. The largest absolute Gasteiger partial charge is 0.476 e. The highest BCUT2D eigenvalue weighted by atomic mass is 16.5. The first-order valence-electron chi connectivity index (χ1n) is 8.15. The van der Waals surface area contributed by atoms with Crippen LogP contribution in [0.2, 0.25) is 0 Å². The molecule has 0 amide bonds. The number of nitrogens with zero attached hydrogens (tertiary/aromatic N) is 2. The summed E-state index contributed by atoms with van der Waals surface area (Å²) in [5.74, 6) is -0.464. The molecule has 0 radical (unpaired) electrons. The lowest BCUT2D eigenvalue weighted by atomic mass is 9.74.